The lowest BCUT2D eigenvalue weighted by molar-refractivity contribution is 0.0729. The molecule has 0 unspecified atom stereocenters. The lowest BCUT2D eigenvalue weighted by atomic mass is 10.00. The van der Waals surface area contributed by atoms with Crippen LogP contribution in [0.15, 0.2) is 66.9 Å². The molecule has 29 heavy (non-hydrogen) atoms. The first-order chi connectivity index (χ1) is 14.2. The maximum absolute atomic E-state index is 12.8. The largest absolute Gasteiger partial charge is 0.497 e. The molecule has 3 aromatic rings. The summed E-state index contributed by atoms with van der Waals surface area (Å²) in [7, 11) is 1.67. The van der Waals surface area contributed by atoms with Crippen molar-refractivity contribution >= 4 is 11.6 Å². The normalized spacial score (nSPS) is 12.9. The summed E-state index contributed by atoms with van der Waals surface area (Å²) in [6.45, 7) is 2.18. The third-order valence-electron chi connectivity index (χ3n) is 5.30. The molecule has 5 heteroatoms. The maximum Gasteiger partial charge on any atom is 0.272 e. The Kier molecular flexibility index (Phi) is 5.75. The molecule has 0 fully saturated rings. The second-order valence-electron chi connectivity index (χ2n) is 7.20. The standard InChI is InChI=1S/C24H25N3O2/c1-29-22-9-6-18(7-10-22)12-14-25-21-8-11-23(26-16-21)24(28)27-15-13-19-4-2-3-5-20(19)17-27/h2-11,16,25H,12-15,17H2,1H3. The average molecular weight is 387 g/mol. The molecule has 0 saturated carbocycles. The fourth-order valence-electron chi connectivity index (χ4n) is 3.60. The molecule has 2 aromatic carbocycles. The molecule has 1 aliphatic heterocycles. The molecule has 0 aliphatic carbocycles. The lowest BCUT2D eigenvalue weighted by Gasteiger charge is -2.28. The summed E-state index contributed by atoms with van der Waals surface area (Å²) < 4.78 is 5.18. The zero-order valence-electron chi connectivity index (χ0n) is 16.6. The minimum Gasteiger partial charge on any atom is -0.497 e. The van der Waals surface area contributed by atoms with Gasteiger partial charge in [0.1, 0.15) is 11.4 Å². The van der Waals surface area contributed by atoms with Crippen LogP contribution < -0.4 is 10.1 Å². The van der Waals surface area contributed by atoms with Crippen molar-refractivity contribution in [2.45, 2.75) is 19.4 Å². The van der Waals surface area contributed by atoms with Gasteiger partial charge in [-0.15, -0.1) is 0 Å². The molecule has 1 N–H and O–H groups in total. The topological polar surface area (TPSA) is 54.5 Å². The molecule has 0 bridgehead atoms. The number of nitrogens with one attached hydrogen (secondary N) is 1. The summed E-state index contributed by atoms with van der Waals surface area (Å²) in [6.07, 6.45) is 3.53. The number of pyridine rings is 1. The third kappa shape index (κ3) is 4.57. The van der Waals surface area contributed by atoms with Crippen LogP contribution in [0.5, 0.6) is 5.75 Å². The molecule has 1 aliphatic rings. The quantitative estimate of drug-likeness (QED) is 0.696. The Hall–Kier alpha value is -3.34. The fraction of sp³-hybridized carbons (Fsp3) is 0.250. The van der Waals surface area contributed by atoms with Crippen molar-refractivity contribution in [3.05, 3.63) is 89.2 Å². The predicted octanol–water partition coefficient (Wildman–Crippen LogP) is 3.94. The van der Waals surface area contributed by atoms with Gasteiger partial charge < -0.3 is 15.0 Å². The van der Waals surface area contributed by atoms with Crippen LogP contribution in [0.4, 0.5) is 5.69 Å². The Labute approximate surface area is 171 Å². The number of amides is 1. The highest BCUT2D eigenvalue weighted by atomic mass is 16.5. The predicted molar refractivity (Wildman–Crippen MR) is 114 cm³/mol. The maximum atomic E-state index is 12.8. The monoisotopic (exact) mass is 387 g/mol. The minimum atomic E-state index is -0.00992. The summed E-state index contributed by atoms with van der Waals surface area (Å²) in [5, 5.41) is 3.36. The highest BCUT2D eigenvalue weighted by molar-refractivity contribution is 5.92. The number of benzene rings is 2. The number of nitrogens with zero attached hydrogens (tertiary/aromatic N) is 2. The number of fused-ring (bicyclic) bond motifs is 1. The van der Waals surface area contributed by atoms with Gasteiger partial charge in [0.15, 0.2) is 0 Å². The number of ether oxygens (including phenoxy) is 1. The number of carbonyl (C=O) groups excluding carboxylic acids is 1. The van der Waals surface area contributed by atoms with E-state index in [0.29, 0.717) is 12.2 Å². The molecule has 0 saturated heterocycles. The summed E-state index contributed by atoms with van der Waals surface area (Å²) in [6, 6.07) is 20.1. The number of aromatic nitrogens is 1. The Bertz CT molecular complexity index is 968. The Morgan fingerprint density at radius 3 is 2.59 bits per heavy atom. The summed E-state index contributed by atoms with van der Waals surface area (Å²) >= 11 is 0. The number of hydrogen-bond acceptors (Lipinski definition) is 4. The van der Waals surface area contributed by atoms with Crippen molar-refractivity contribution in [1.29, 1.82) is 0 Å². The van der Waals surface area contributed by atoms with E-state index in [4.69, 9.17) is 4.74 Å². The molecular weight excluding hydrogens is 362 g/mol. The van der Waals surface area contributed by atoms with Crippen molar-refractivity contribution in [1.82, 2.24) is 9.88 Å². The molecule has 5 nitrogen and oxygen atoms in total. The summed E-state index contributed by atoms with van der Waals surface area (Å²) in [5.41, 5.74) is 5.21. The van der Waals surface area contributed by atoms with E-state index in [1.54, 1.807) is 19.4 Å². The SMILES string of the molecule is COc1ccc(CCNc2ccc(C(=O)N3CCc4ccccc4C3)nc2)cc1. The van der Waals surface area contributed by atoms with E-state index in [1.807, 2.05) is 29.2 Å². The van der Waals surface area contributed by atoms with Crippen LogP contribution in [0.3, 0.4) is 0 Å². The van der Waals surface area contributed by atoms with Gasteiger partial charge >= 0.3 is 0 Å². The van der Waals surface area contributed by atoms with Gasteiger partial charge in [-0.1, -0.05) is 36.4 Å². The number of methoxy groups -OCH3 is 1. The zero-order chi connectivity index (χ0) is 20.1. The van der Waals surface area contributed by atoms with Crippen LogP contribution in [-0.4, -0.2) is 36.0 Å². The van der Waals surface area contributed by atoms with Gasteiger partial charge in [0.05, 0.1) is 19.0 Å². The van der Waals surface area contributed by atoms with Crippen LogP contribution >= 0.6 is 0 Å². The van der Waals surface area contributed by atoms with Gasteiger partial charge in [-0.25, -0.2) is 4.98 Å². The van der Waals surface area contributed by atoms with E-state index in [-0.39, 0.29) is 5.91 Å². The van der Waals surface area contributed by atoms with Crippen LogP contribution in [0.1, 0.15) is 27.2 Å². The summed E-state index contributed by atoms with van der Waals surface area (Å²) in [5.74, 6) is 0.854. The van der Waals surface area contributed by atoms with E-state index in [1.165, 1.54) is 16.7 Å². The molecule has 0 atom stereocenters. The van der Waals surface area contributed by atoms with Gasteiger partial charge in [0, 0.05) is 19.6 Å². The Balaban J connectivity index is 1.31. The Morgan fingerprint density at radius 1 is 1.07 bits per heavy atom. The first kappa shape index (κ1) is 19.0. The van der Waals surface area contributed by atoms with Crippen molar-refractivity contribution in [2.75, 3.05) is 25.5 Å². The van der Waals surface area contributed by atoms with Crippen LogP contribution in [0.2, 0.25) is 0 Å². The minimum absolute atomic E-state index is 0.00992. The average Bonchev–Trinajstić information content (AvgIpc) is 2.79. The zero-order valence-corrected chi connectivity index (χ0v) is 16.6. The number of hydrogen-bond donors (Lipinski definition) is 1. The van der Waals surface area contributed by atoms with Crippen molar-refractivity contribution in [3.63, 3.8) is 0 Å². The van der Waals surface area contributed by atoms with Crippen molar-refractivity contribution in [2.24, 2.45) is 0 Å². The first-order valence-electron chi connectivity index (χ1n) is 9.92. The first-order valence-corrected chi connectivity index (χ1v) is 9.92. The molecule has 0 radical (unpaired) electrons. The highest BCUT2D eigenvalue weighted by Crippen LogP contribution is 2.20. The molecule has 1 amide bonds. The Morgan fingerprint density at radius 2 is 1.86 bits per heavy atom. The molecular formula is C24H25N3O2. The number of anilines is 1. The number of rotatable bonds is 6. The fourth-order valence-corrected chi connectivity index (χ4v) is 3.60. The molecule has 0 spiro atoms. The molecule has 148 valence electrons. The third-order valence-corrected chi connectivity index (χ3v) is 5.30. The van der Waals surface area contributed by atoms with E-state index in [9.17, 15) is 4.79 Å². The van der Waals surface area contributed by atoms with Crippen LogP contribution in [-0.2, 0) is 19.4 Å². The van der Waals surface area contributed by atoms with Gasteiger partial charge in [-0.05, 0) is 53.8 Å². The molecule has 1 aromatic heterocycles. The van der Waals surface area contributed by atoms with E-state index in [2.05, 4.69) is 40.6 Å². The van der Waals surface area contributed by atoms with Gasteiger partial charge in [0.2, 0.25) is 0 Å². The summed E-state index contributed by atoms with van der Waals surface area (Å²) in [4.78, 5) is 19.1. The van der Waals surface area contributed by atoms with E-state index < -0.39 is 0 Å². The van der Waals surface area contributed by atoms with Crippen LogP contribution in [0.25, 0.3) is 0 Å². The van der Waals surface area contributed by atoms with E-state index >= 15 is 0 Å². The molecule has 4 rings (SSSR count). The molecule has 2 heterocycles. The van der Waals surface area contributed by atoms with Gasteiger partial charge in [0.25, 0.3) is 5.91 Å². The van der Waals surface area contributed by atoms with Crippen LogP contribution in [0, 0.1) is 0 Å². The van der Waals surface area contributed by atoms with E-state index in [0.717, 1.165) is 37.4 Å². The van der Waals surface area contributed by atoms with Gasteiger partial charge in [-0.2, -0.15) is 0 Å². The highest BCUT2D eigenvalue weighted by Gasteiger charge is 2.22. The van der Waals surface area contributed by atoms with Crippen molar-refractivity contribution < 1.29 is 9.53 Å². The smallest absolute Gasteiger partial charge is 0.272 e. The van der Waals surface area contributed by atoms with Gasteiger partial charge in [-0.3, -0.25) is 4.79 Å². The lowest BCUT2D eigenvalue weighted by Crippen LogP contribution is -2.36. The number of carbonyl (C=O) groups is 1. The second-order valence-corrected chi connectivity index (χ2v) is 7.20. The second kappa shape index (κ2) is 8.78. The van der Waals surface area contributed by atoms with Crippen molar-refractivity contribution in [3.8, 4) is 5.75 Å².